The predicted octanol–water partition coefficient (Wildman–Crippen LogP) is 3.12. The van der Waals surface area contributed by atoms with Crippen LogP contribution in [0.25, 0.3) is 0 Å². The van der Waals surface area contributed by atoms with Crippen LogP contribution < -0.4 is 4.72 Å². The van der Waals surface area contributed by atoms with Gasteiger partial charge in [-0.1, -0.05) is 22.0 Å². The van der Waals surface area contributed by atoms with E-state index in [9.17, 15) is 8.42 Å². The molecule has 6 heteroatoms. The summed E-state index contributed by atoms with van der Waals surface area (Å²) in [6, 6.07) is 14.6. The minimum Gasteiger partial charge on any atom is -0.280 e. The maximum absolute atomic E-state index is 12.1. The number of sulfonamides is 1. The lowest BCUT2D eigenvalue weighted by atomic mass is 10.2. The highest BCUT2D eigenvalue weighted by atomic mass is 79.9. The molecule has 1 N–H and O–H groups in total. The number of halogens is 1. The molecule has 0 fully saturated rings. The lowest BCUT2D eigenvalue weighted by Gasteiger charge is -2.08. The molecule has 0 bridgehead atoms. The van der Waals surface area contributed by atoms with Crippen molar-refractivity contribution in [1.82, 2.24) is 0 Å². The van der Waals surface area contributed by atoms with Gasteiger partial charge in [0.2, 0.25) is 0 Å². The zero-order valence-electron chi connectivity index (χ0n) is 9.67. The molecule has 0 radical (unpaired) electrons. The number of benzene rings is 2. The summed E-state index contributed by atoms with van der Waals surface area (Å²) in [5.41, 5.74) is 0.768. The smallest absolute Gasteiger partial charge is 0.261 e. The van der Waals surface area contributed by atoms with Crippen LogP contribution in [0.4, 0.5) is 5.69 Å². The van der Waals surface area contributed by atoms with Gasteiger partial charge in [-0.05, 0) is 42.5 Å². The molecule has 0 aliphatic heterocycles. The van der Waals surface area contributed by atoms with Crippen molar-refractivity contribution in [1.29, 1.82) is 5.26 Å². The molecular weight excluding hydrogens is 328 g/mol. The van der Waals surface area contributed by atoms with E-state index >= 15 is 0 Å². The molecule has 2 aromatic rings. The fourth-order valence-electron chi connectivity index (χ4n) is 1.46. The number of rotatable bonds is 3. The van der Waals surface area contributed by atoms with Crippen molar-refractivity contribution in [3.05, 3.63) is 58.6 Å². The Kier molecular flexibility index (Phi) is 3.88. The summed E-state index contributed by atoms with van der Waals surface area (Å²) in [6.45, 7) is 0. The van der Waals surface area contributed by atoms with E-state index in [0.29, 0.717) is 11.3 Å². The summed E-state index contributed by atoms with van der Waals surface area (Å²) >= 11 is 3.28. The average Bonchev–Trinajstić information content (AvgIpc) is 2.41. The molecule has 0 unspecified atom stereocenters. The largest absolute Gasteiger partial charge is 0.280 e. The van der Waals surface area contributed by atoms with Gasteiger partial charge in [-0.25, -0.2) is 8.42 Å². The molecule has 96 valence electrons. The third-order valence-electron chi connectivity index (χ3n) is 2.37. The Balaban J connectivity index is 2.32. The van der Waals surface area contributed by atoms with Crippen molar-refractivity contribution in [2.45, 2.75) is 4.90 Å². The van der Waals surface area contributed by atoms with Gasteiger partial charge >= 0.3 is 0 Å². The molecule has 0 atom stereocenters. The minimum atomic E-state index is -3.68. The van der Waals surface area contributed by atoms with Gasteiger partial charge in [0.1, 0.15) is 0 Å². The number of nitrogens with zero attached hydrogens (tertiary/aromatic N) is 1. The first-order chi connectivity index (χ1) is 9.01. The molecular formula is C13H9BrN2O2S. The summed E-state index contributed by atoms with van der Waals surface area (Å²) in [6.07, 6.45) is 0. The molecule has 0 amide bonds. The standard InChI is InChI=1S/C13H9BrN2O2S/c14-11-4-6-12(7-5-11)16-19(17,18)13-3-1-2-10(8-13)9-15/h1-8,16H. The Morgan fingerprint density at radius 3 is 2.42 bits per heavy atom. The van der Waals surface area contributed by atoms with Crippen molar-refractivity contribution >= 4 is 31.6 Å². The Labute approximate surface area is 119 Å². The fourth-order valence-corrected chi connectivity index (χ4v) is 2.83. The van der Waals surface area contributed by atoms with Crippen LogP contribution in [-0.2, 0) is 10.0 Å². The van der Waals surface area contributed by atoms with Crippen LogP contribution in [0.5, 0.6) is 0 Å². The van der Waals surface area contributed by atoms with E-state index in [1.807, 2.05) is 6.07 Å². The van der Waals surface area contributed by atoms with Gasteiger partial charge in [-0.3, -0.25) is 4.72 Å². The third kappa shape index (κ3) is 3.34. The topological polar surface area (TPSA) is 70.0 Å². The van der Waals surface area contributed by atoms with Crippen LogP contribution in [0.3, 0.4) is 0 Å². The second-order valence-corrected chi connectivity index (χ2v) is 6.35. The molecule has 2 rings (SSSR count). The lowest BCUT2D eigenvalue weighted by Crippen LogP contribution is -2.12. The van der Waals surface area contributed by atoms with E-state index < -0.39 is 10.0 Å². The van der Waals surface area contributed by atoms with Crippen molar-refractivity contribution < 1.29 is 8.42 Å². The Bertz CT molecular complexity index is 734. The first-order valence-corrected chi connectivity index (χ1v) is 7.57. The molecule has 0 heterocycles. The van der Waals surface area contributed by atoms with E-state index in [-0.39, 0.29) is 4.90 Å². The van der Waals surface area contributed by atoms with Crippen LogP contribution in [0.2, 0.25) is 0 Å². The zero-order valence-corrected chi connectivity index (χ0v) is 12.1. The van der Waals surface area contributed by atoms with Crippen molar-refractivity contribution in [2.75, 3.05) is 4.72 Å². The second-order valence-electron chi connectivity index (χ2n) is 3.75. The molecule has 0 saturated carbocycles. The number of nitrogens with one attached hydrogen (secondary N) is 1. The SMILES string of the molecule is N#Cc1cccc(S(=O)(=O)Nc2ccc(Br)cc2)c1. The van der Waals surface area contributed by atoms with Crippen LogP contribution >= 0.6 is 15.9 Å². The van der Waals surface area contributed by atoms with Crippen LogP contribution in [0.1, 0.15) is 5.56 Å². The van der Waals surface area contributed by atoms with Crippen molar-refractivity contribution in [3.8, 4) is 6.07 Å². The number of hydrogen-bond donors (Lipinski definition) is 1. The Morgan fingerprint density at radius 2 is 1.79 bits per heavy atom. The van der Waals surface area contributed by atoms with Gasteiger partial charge in [-0.2, -0.15) is 5.26 Å². The Hall–Kier alpha value is -1.84. The molecule has 4 nitrogen and oxygen atoms in total. The summed E-state index contributed by atoms with van der Waals surface area (Å²) in [4.78, 5) is 0.0643. The number of anilines is 1. The highest BCUT2D eigenvalue weighted by molar-refractivity contribution is 9.10. The second kappa shape index (κ2) is 5.43. The van der Waals surface area contributed by atoms with Gasteiger partial charge < -0.3 is 0 Å². The fraction of sp³-hybridized carbons (Fsp3) is 0. The monoisotopic (exact) mass is 336 g/mol. The maximum Gasteiger partial charge on any atom is 0.261 e. The summed E-state index contributed by atoms with van der Waals surface area (Å²) in [7, 11) is -3.68. The van der Waals surface area contributed by atoms with Crippen molar-refractivity contribution in [2.24, 2.45) is 0 Å². The molecule has 0 aliphatic rings. The van der Waals surface area contributed by atoms with Crippen LogP contribution in [-0.4, -0.2) is 8.42 Å². The highest BCUT2D eigenvalue weighted by Gasteiger charge is 2.14. The molecule has 0 aliphatic carbocycles. The number of nitriles is 1. The molecule has 19 heavy (non-hydrogen) atoms. The molecule has 0 saturated heterocycles. The Morgan fingerprint density at radius 1 is 1.11 bits per heavy atom. The van der Waals surface area contributed by atoms with Gasteiger partial charge in [0.15, 0.2) is 0 Å². The summed E-state index contributed by atoms with van der Waals surface area (Å²) < 4.78 is 27.6. The first kappa shape index (κ1) is 13.6. The minimum absolute atomic E-state index is 0.0643. The molecule has 0 aromatic heterocycles. The normalized spacial score (nSPS) is 10.7. The predicted molar refractivity (Wildman–Crippen MR) is 76.1 cm³/mol. The van der Waals surface area contributed by atoms with Gasteiger partial charge in [0.25, 0.3) is 10.0 Å². The number of hydrogen-bond acceptors (Lipinski definition) is 3. The zero-order chi connectivity index (χ0) is 13.9. The summed E-state index contributed by atoms with van der Waals surface area (Å²) in [5, 5.41) is 8.78. The van der Waals surface area contributed by atoms with Gasteiger partial charge in [0.05, 0.1) is 16.5 Å². The van der Waals surface area contributed by atoms with E-state index in [1.165, 1.54) is 18.2 Å². The van der Waals surface area contributed by atoms with E-state index in [1.54, 1.807) is 30.3 Å². The van der Waals surface area contributed by atoms with Gasteiger partial charge in [-0.15, -0.1) is 0 Å². The average molecular weight is 337 g/mol. The van der Waals surface area contributed by atoms with E-state index in [0.717, 1.165) is 4.47 Å². The quantitative estimate of drug-likeness (QED) is 0.935. The maximum atomic E-state index is 12.1. The first-order valence-electron chi connectivity index (χ1n) is 5.30. The lowest BCUT2D eigenvalue weighted by molar-refractivity contribution is 0.601. The van der Waals surface area contributed by atoms with Crippen LogP contribution in [0, 0.1) is 11.3 Å². The highest BCUT2D eigenvalue weighted by Crippen LogP contribution is 2.19. The van der Waals surface area contributed by atoms with Crippen molar-refractivity contribution in [3.63, 3.8) is 0 Å². The summed E-state index contributed by atoms with van der Waals surface area (Å²) in [5.74, 6) is 0. The van der Waals surface area contributed by atoms with Gasteiger partial charge in [0, 0.05) is 10.2 Å². The van der Waals surface area contributed by atoms with Crippen LogP contribution in [0.15, 0.2) is 57.9 Å². The van der Waals surface area contributed by atoms with E-state index in [4.69, 9.17) is 5.26 Å². The van der Waals surface area contributed by atoms with E-state index in [2.05, 4.69) is 20.7 Å². The third-order valence-corrected chi connectivity index (χ3v) is 4.28. The molecule has 2 aromatic carbocycles. The molecule has 0 spiro atoms.